The molecule has 2 atom stereocenters. The van der Waals surface area contributed by atoms with E-state index < -0.39 is 28.9 Å². The number of hydrogen-bond acceptors (Lipinski definition) is 6. The number of aliphatic hydroxyl groups is 1. The van der Waals surface area contributed by atoms with Gasteiger partial charge in [0.15, 0.2) is 0 Å². The number of amides is 2. The van der Waals surface area contributed by atoms with Gasteiger partial charge in [-0.1, -0.05) is 25.3 Å². The molecule has 2 aromatic carbocycles. The van der Waals surface area contributed by atoms with E-state index in [1.807, 2.05) is 0 Å². The fourth-order valence-electron chi connectivity index (χ4n) is 2.31. The number of hydroxylamine groups is 1. The van der Waals surface area contributed by atoms with Crippen LogP contribution in [0.25, 0.3) is 0 Å². The average molecular weight is 423 g/mol. The first kappa shape index (κ1) is 24.9. The van der Waals surface area contributed by atoms with E-state index in [1.165, 1.54) is 42.7 Å². The largest absolute Gasteiger partial charge is 0.391 e. The first-order valence-electron chi connectivity index (χ1n) is 8.61. The third kappa shape index (κ3) is 7.29. The second-order valence-electron chi connectivity index (χ2n) is 6.05. The molecule has 0 aromatic heterocycles. The van der Waals surface area contributed by atoms with Crippen molar-refractivity contribution in [1.82, 2.24) is 10.8 Å². The molecule has 0 aliphatic carbocycles. The van der Waals surface area contributed by atoms with Crippen molar-refractivity contribution >= 4 is 17.5 Å². The standard InChI is InChI=1S/C21H17N3O6.CH4/c1-14(25)19(21(27)23-28)22-20(26)17-11-9-15(10-12-17)5-2-3-6-16-7-4-8-18(13-16)24(29)30;/h4,7-14,19,25,28H,1H3,(H,22,26)(H,23,27);1H4/t14-,19+;/m1./s1. The molecule has 0 aliphatic heterocycles. The van der Waals surface area contributed by atoms with Crippen molar-refractivity contribution in [3.05, 3.63) is 75.3 Å². The molecule has 4 N–H and O–H groups in total. The lowest BCUT2D eigenvalue weighted by Crippen LogP contribution is -2.51. The molecule has 0 aliphatic rings. The third-order valence-corrected chi connectivity index (χ3v) is 3.84. The lowest BCUT2D eigenvalue weighted by molar-refractivity contribution is -0.384. The first-order chi connectivity index (χ1) is 14.3. The predicted molar refractivity (Wildman–Crippen MR) is 113 cm³/mol. The van der Waals surface area contributed by atoms with Crippen LogP contribution in [0, 0.1) is 33.8 Å². The molecular formula is C22H21N3O6. The summed E-state index contributed by atoms with van der Waals surface area (Å²) < 4.78 is 0. The molecule has 160 valence electrons. The summed E-state index contributed by atoms with van der Waals surface area (Å²) in [7, 11) is 0. The first-order valence-corrected chi connectivity index (χ1v) is 8.61. The van der Waals surface area contributed by atoms with Crippen LogP contribution >= 0.6 is 0 Å². The second kappa shape index (κ2) is 11.7. The van der Waals surface area contributed by atoms with Crippen molar-refractivity contribution in [2.24, 2.45) is 0 Å². The molecule has 0 spiro atoms. The minimum absolute atomic E-state index is 0. The van der Waals surface area contributed by atoms with Gasteiger partial charge in [-0.15, -0.1) is 0 Å². The van der Waals surface area contributed by atoms with Crippen molar-refractivity contribution < 1.29 is 24.8 Å². The Morgan fingerprint density at radius 3 is 2.23 bits per heavy atom. The zero-order valence-corrected chi connectivity index (χ0v) is 15.7. The Labute approximate surface area is 179 Å². The normalized spacial score (nSPS) is 11.2. The maximum atomic E-state index is 12.2. The van der Waals surface area contributed by atoms with Gasteiger partial charge >= 0.3 is 0 Å². The number of carbonyl (C=O) groups is 2. The molecule has 2 aromatic rings. The van der Waals surface area contributed by atoms with Crippen LogP contribution in [0.2, 0.25) is 0 Å². The number of nitro groups is 1. The number of hydrogen-bond donors (Lipinski definition) is 4. The highest BCUT2D eigenvalue weighted by Crippen LogP contribution is 2.11. The summed E-state index contributed by atoms with van der Waals surface area (Å²) in [6.07, 6.45) is -1.21. The fraction of sp³-hybridized carbons (Fsp3) is 0.182. The van der Waals surface area contributed by atoms with Crippen molar-refractivity contribution in [3.8, 4) is 23.7 Å². The number of aliphatic hydroxyl groups excluding tert-OH is 1. The van der Waals surface area contributed by atoms with Crippen LogP contribution in [0.3, 0.4) is 0 Å². The van der Waals surface area contributed by atoms with Crippen LogP contribution in [0.5, 0.6) is 0 Å². The van der Waals surface area contributed by atoms with Gasteiger partial charge in [-0.3, -0.25) is 24.9 Å². The van der Waals surface area contributed by atoms with E-state index in [1.54, 1.807) is 18.2 Å². The highest BCUT2D eigenvalue weighted by molar-refractivity contribution is 5.97. The van der Waals surface area contributed by atoms with Crippen LogP contribution in [0.4, 0.5) is 5.69 Å². The molecule has 2 rings (SSSR count). The van der Waals surface area contributed by atoms with Crippen LogP contribution in [0.15, 0.2) is 48.5 Å². The number of non-ortho nitro benzene ring substituents is 1. The molecular weight excluding hydrogens is 402 g/mol. The molecule has 0 saturated heterocycles. The van der Waals surface area contributed by atoms with Gasteiger partial charge in [0.25, 0.3) is 17.5 Å². The summed E-state index contributed by atoms with van der Waals surface area (Å²) in [6.45, 7) is 1.30. The molecule has 31 heavy (non-hydrogen) atoms. The maximum absolute atomic E-state index is 12.2. The van der Waals surface area contributed by atoms with Crippen LogP contribution in [-0.2, 0) is 4.79 Å². The van der Waals surface area contributed by atoms with Crippen LogP contribution in [0.1, 0.15) is 35.8 Å². The number of rotatable bonds is 5. The topological polar surface area (TPSA) is 142 Å². The Balaban J connectivity index is 0.00000480. The third-order valence-electron chi connectivity index (χ3n) is 3.84. The molecule has 0 fully saturated rings. The molecule has 0 unspecified atom stereocenters. The number of carbonyl (C=O) groups excluding carboxylic acids is 2. The maximum Gasteiger partial charge on any atom is 0.270 e. The van der Waals surface area contributed by atoms with Gasteiger partial charge in [0.2, 0.25) is 0 Å². The van der Waals surface area contributed by atoms with Crippen LogP contribution < -0.4 is 10.8 Å². The quantitative estimate of drug-likeness (QED) is 0.249. The lowest BCUT2D eigenvalue weighted by Gasteiger charge is -2.19. The van der Waals surface area contributed by atoms with Crippen molar-refractivity contribution in [1.29, 1.82) is 0 Å². The van der Waals surface area contributed by atoms with E-state index in [9.17, 15) is 24.8 Å². The van der Waals surface area contributed by atoms with Gasteiger partial charge in [0, 0.05) is 28.8 Å². The van der Waals surface area contributed by atoms with E-state index in [2.05, 4.69) is 29.0 Å². The molecule has 9 nitrogen and oxygen atoms in total. The van der Waals surface area contributed by atoms with Gasteiger partial charge in [-0.25, -0.2) is 5.48 Å². The second-order valence-corrected chi connectivity index (χ2v) is 6.05. The van der Waals surface area contributed by atoms with E-state index in [-0.39, 0.29) is 18.7 Å². The summed E-state index contributed by atoms with van der Waals surface area (Å²) in [4.78, 5) is 33.9. The van der Waals surface area contributed by atoms with Crippen molar-refractivity contribution in [2.45, 2.75) is 26.5 Å². The number of benzene rings is 2. The Bertz CT molecular complexity index is 1070. The zero-order chi connectivity index (χ0) is 22.1. The highest BCUT2D eigenvalue weighted by atomic mass is 16.6. The van der Waals surface area contributed by atoms with Gasteiger partial charge < -0.3 is 10.4 Å². The van der Waals surface area contributed by atoms with E-state index in [4.69, 9.17) is 5.21 Å². The van der Waals surface area contributed by atoms with Crippen molar-refractivity contribution in [3.63, 3.8) is 0 Å². The Kier molecular flexibility index (Phi) is 9.41. The molecule has 2 amide bonds. The van der Waals surface area contributed by atoms with Gasteiger partial charge in [0.05, 0.1) is 11.0 Å². The molecule has 0 bridgehead atoms. The monoisotopic (exact) mass is 423 g/mol. The SMILES string of the molecule is C.C[C@@H](O)[C@H](NC(=O)c1ccc(C#CC#Cc2cccc([N+](=O)[O-])c2)cc1)C(=O)NO. The van der Waals surface area contributed by atoms with E-state index >= 15 is 0 Å². The smallest absolute Gasteiger partial charge is 0.270 e. The Morgan fingerprint density at radius 2 is 1.68 bits per heavy atom. The summed E-state index contributed by atoms with van der Waals surface area (Å²) >= 11 is 0. The number of nitrogens with one attached hydrogen (secondary N) is 2. The fourth-order valence-corrected chi connectivity index (χ4v) is 2.31. The van der Waals surface area contributed by atoms with Crippen molar-refractivity contribution in [2.75, 3.05) is 0 Å². The summed E-state index contributed by atoms with van der Waals surface area (Å²) in [5.74, 6) is 9.16. The number of nitrogens with zero attached hydrogens (tertiary/aromatic N) is 1. The minimum atomic E-state index is -1.31. The Morgan fingerprint density at radius 1 is 1.06 bits per heavy atom. The van der Waals surface area contributed by atoms with Crippen LogP contribution in [-0.4, -0.2) is 39.2 Å². The van der Waals surface area contributed by atoms with Gasteiger partial charge in [-0.2, -0.15) is 0 Å². The number of nitro benzene ring substituents is 1. The summed E-state index contributed by atoms with van der Waals surface area (Å²) in [6, 6.07) is 10.7. The predicted octanol–water partition coefficient (Wildman–Crippen LogP) is 1.62. The lowest BCUT2D eigenvalue weighted by atomic mass is 10.1. The van der Waals surface area contributed by atoms with E-state index in [0.29, 0.717) is 11.1 Å². The summed E-state index contributed by atoms with van der Waals surface area (Å²) in [5.41, 5.74) is 2.58. The minimum Gasteiger partial charge on any atom is -0.391 e. The average Bonchev–Trinajstić information content (AvgIpc) is 2.74. The molecule has 9 heteroatoms. The summed E-state index contributed by atoms with van der Waals surface area (Å²) in [5, 5.41) is 31.3. The highest BCUT2D eigenvalue weighted by Gasteiger charge is 2.25. The molecule has 0 radical (unpaired) electrons. The zero-order valence-electron chi connectivity index (χ0n) is 15.7. The van der Waals surface area contributed by atoms with E-state index in [0.717, 1.165) is 0 Å². The van der Waals surface area contributed by atoms with Gasteiger partial charge in [-0.05, 0) is 49.1 Å². The molecule has 0 heterocycles. The molecule has 0 saturated carbocycles. The van der Waals surface area contributed by atoms with Gasteiger partial charge in [0.1, 0.15) is 6.04 Å². The Hall–Kier alpha value is -4.18.